The number of ether oxygens (including phenoxy) is 1. The average Bonchev–Trinajstić information content (AvgIpc) is 2.10. The molecule has 5 heteroatoms. The van der Waals surface area contributed by atoms with Crippen LogP contribution in [0.15, 0.2) is 12.2 Å². The Bertz CT molecular complexity index is 216. The Morgan fingerprint density at radius 3 is 2.77 bits per heavy atom. The zero-order valence-corrected chi connectivity index (χ0v) is 8.56. The van der Waals surface area contributed by atoms with Crippen LogP contribution < -0.4 is 5.73 Å². The van der Waals surface area contributed by atoms with Gasteiger partial charge < -0.3 is 10.5 Å². The monoisotopic (exact) mass is 202 g/mol. The minimum atomic E-state index is -0.386. The fourth-order valence-electron chi connectivity index (χ4n) is 0.676. The molecule has 3 N–H and O–H groups in total. The van der Waals surface area contributed by atoms with Gasteiger partial charge in [0.05, 0.1) is 7.11 Å². The number of carbonyl (C=O) groups is 1. The van der Waals surface area contributed by atoms with E-state index in [1.165, 1.54) is 24.9 Å². The van der Waals surface area contributed by atoms with Crippen molar-refractivity contribution in [2.24, 2.45) is 5.73 Å². The van der Waals surface area contributed by atoms with E-state index in [1.54, 1.807) is 6.08 Å². The van der Waals surface area contributed by atoms with E-state index in [0.717, 1.165) is 6.42 Å². The smallest absolute Gasteiger partial charge is 0.330 e. The lowest BCUT2D eigenvalue weighted by atomic mass is 10.3. The lowest BCUT2D eigenvalue weighted by Crippen LogP contribution is -2.10. The number of hydrogen-bond donors (Lipinski definition) is 2. The third-order valence-corrected chi connectivity index (χ3v) is 2.38. The van der Waals surface area contributed by atoms with Crippen molar-refractivity contribution < 1.29 is 9.53 Å². The predicted molar refractivity (Wildman–Crippen MR) is 54.7 cm³/mol. The summed E-state index contributed by atoms with van der Waals surface area (Å²) >= 11 is 1.22. The molecule has 0 rings (SSSR count). The van der Waals surface area contributed by atoms with E-state index in [2.05, 4.69) is 4.74 Å². The molecular formula is C8H14N2O2S. The van der Waals surface area contributed by atoms with E-state index < -0.39 is 0 Å². The zero-order chi connectivity index (χ0) is 10.3. The van der Waals surface area contributed by atoms with Crippen LogP contribution in [0.3, 0.4) is 0 Å². The highest BCUT2D eigenvalue weighted by Gasteiger charge is 2.04. The number of hydrogen-bond acceptors (Lipinski definition) is 4. The molecule has 0 aromatic carbocycles. The quantitative estimate of drug-likeness (QED) is 0.310. The third-order valence-electron chi connectivity index (χ3n) is 1.33. The van der Waals surface area contributed by atoms with Gasteiger partial charge >= 0.3 is 5.97 Å². The van der Waals surface area contributed by atoms with Crippen LogP contribution >= 0.6 is 11.8 Å². The highest BCUT2D eigenvalue weighted by atomic mass is 32.2. The maximum Gasteiger partial charge on any atom is 0.330 e. The van der Waals surface area contributed by atoms with Crippen LogP contribution in [0.4, 0.5) is 0 Å². The van der Waals surface area contributed by atoms with E-state index in [-0.39, 0.29) is 16.4 Å². The normalized spacial score (nSPS) is 12.8. The van der Waals surface area contributed by atoms with E-state index in [9.17, 15) is 4.79 Å². The summed E-state index contributed by atoms with van der Waals surface area (Å²) < 4.78 is 4.43. The number of nitrogens with one attached hydrogen (secondary N) is 1. The Morgan fingerprint density at radius 2 is 2.38 bits per heavy atom. The fraction of sp³-hybridized carbons (Fsp3) is 0.500. The van der Waals surface area contributed by atoms with Crippen molar-refractivity contribution >= 4 is 22.9 Å². The summed E-state index contributed by atoms with van der Waals surface area (Å²) in [6.07, 6.45) is 3.86. The molecule has 0 aliphatic rings. The van der Waals surface area contributed by atoms with Crippen molar-refractivity contribution in [1.82, 2.24) is 0 Å². The fourth-order valence-corrected chi connectivity index (χ4v) is 1.33. The van der Waals surface area contributed by atoms with Gasteiger partial charge in [-0.3, -0.25) is 5.41 Å². The highest BCUT2D eigenvalue weighted by Crippen LogP contribution is 2.14. The first-order chi connectivity index (χ1) is 6.10. The molecule has 0 fully saturated rings. The van der Waals surface area contributed by atoms with E-state index in [0.29, 0.717) is 0 Å². The van der Waals surface area contributed by atoms with Gasteiger partial charge in [-0.2, -0.15) is 0 Å². The molecule has 0 radical (unpaired) electrons. The van der Waals surface area contributed by atoms with Crippen molar-refractivity contribution in [2.75, 3.05) is 7.11 Å². The van der Waals surface area contributed by atoms with Gasteiger partial charge in [-0.15, -0.1) is 0 Å². The van der Waals surface area contributed by atoms with Gasteiger partial charge in [-0.05, 0) is 6.42 Å². The minimum Gasteiger partial charge on any atom is -0.466 e. The average molecular weight is 202 g/mol. The largest absolute Gasteiger partial charge is 0.466 e. The molecule has 0 aromatic rings. The van der Waals surface area contributed by atoms with Crippen LogP contribution in [-0.4, -0.2) is 23.5 Å². The number of thioether (sulfide) groups is 1. The minimum absolute atomic E-state index is 0.0568. The molecule has 0 aromatic heterocycles. The van der Waals surface area contributed by atoms with Crippen LogP contribution in [-0.2, 0) is 9.53 Å². The summed E-state index contributed by atoms with van der Waals surface area (Å²) in [5, 5.41) is 7.17. The Labute approximate surface area is 82.0 Å². The van der Waals surface area contributed by atoms with Crippen LogP contribution in [0.2, 0.25) is 0 Å². The number of esters is 1. The van der Waals surface area contributed by atoms with Crippen molar-refractivity contribution in [1.29, 1.82) is 5.41 Å². The highest BCUT2D eigenvalue weighted by molar-refractivity contribution is 8.14. The molecular weight excluding hydrogens is 188 g/mol. The van der Waals surface area contributed by atoms with Crippen LogP contribution in [0.1, 0.15) is 13.3 Å². The van der Waals surface area contributed by atoms with E-state index in [4.69, 9.17) is 11.1 Å². The number of rotatable bonds is 4. The molecule has 0 saturated heterocycles. The molecule has 0 saturated carbocycles. The van der Waals surface area contributed by atoms with Gasteiger partial charge in [0.15, 0.2) is 5.17 Å². The second kappa shape index (κ2) is 6.54. The number of methoxy groups -OCH3 is 1. The number of amidine groups is 1. The molecule has 13 heavy (non-hydrogen) atoms. The summed E-state index contributed by atoms with van der Waals surface area (Å²) in [6.45, 7) is 1.96. The molecule has 1 unspecified atom stereocenters. The summed E-state index contributed by atoms with van der Waals surface area (Å²) in [6, 6.07) is 0. The van der Waals surface area contributed by atoms with Gasteiger partial charge in [0.2, 0.25) is 0 Å². The maximum atomic E-state index is 10.7. The second-order valence-corrected chi connectivity index (χ2v) is 3.59. The number of carbonyl (C=O) groups excluding carboxylic acids is 1. The molecule has 4 nitrogen and oxygen atoms in total. The van der Waals surface area contributed by atoms with Gasteiger partial charge in [-0.25, -0.2) is 4.79 Å². The first kappa shape index (κ1) is 12.0. The zero-order valence-electron chi connectivity index (χ0n) is 7.74. The number of nitrogens with two attached hydrogens (primary N) is 1. The lowest BCUT2D eigenvalue weighted by Gasteiger charge is -2.06. The molecule has 74 valence electrons. The molecule has 0 spiro atoms. The second-order valence-electron chi connectivity index (χ2n) is 2.31. The summed E-state index contributed by atoms with van der Waals surface area (Å²) in [7, 11) is 1.33. The van der Waals surface area contributed by atoms with E-state index >= 15 is 0 Å². The van der Waals surface area contributed by atoms with Gasteiger partial charge in [0, 0.05) is 11.3 Å². The van der Waals surface area contributed by atoms with Gasteiger partial charge in [0.25, 0.3) is 0 Å². The maximum absolute atomic E-state index is 10.7. The Kier molecular flexibility index (Phi) is 6.05. The van der Waals surface area contributed by atoms with Crippen molar-refractivity contribution in [3.8, 4) is 0 Å². The SMILES string of the molecule is CCC(/C=C/C(=O)OC)SC(=N)N. The van der Waals surface area contributed by atoms with Crippen LogP contribution in [0, 0.1) is 5.41 Å². The molecule has 1 atom stereocenters. The first-order valence-electron chi connectivity index (χ1n) is 3.87. The van der Waals surface area contributed by atoms with Crippen molar-refractivity contribution in [3.05, 3.63) is 12.2 Å². The Morgan fingerprint density at radius 1 is 1.77 bits per heavy atom. The Hall–Kier alpha value is -0.970. The summed E-state index contributed by atoms with van der Waals surface area (Å²) in [4.78, 5) is 10.7. The van der Waals surface area contributed by atoms with Crippen LogP contribution in [0.5, 0.6) is 0 Å². The lowest BCUT2D eigenvalue weighted by molar-refractivity contribution is -0.134. The molecule has 0 amide bonds. The molecule has 0 aliphatic heterocycles. The topological polar surface area (TPSA) is 76.2 Å². The summed E-state index contributed by atoms with van der Waals surface area (Å²) in [5.74, 6) is -0.386. The van der Waals surface area contributed by atoms with Crippen molar-refractivity contribution in [3.63, 3.8) is 0 Å². The standard InChI is InChI=1S/C8H14N2O2S/c1-3-6(13-8(9)10)4-5-7(11)12-2/h4-6H,3H2,1-2H3,(H3,9,10)/b5-4+. The predicted octanol–water partition coefficient (Wildman–Crippen LogP) is 1.12. The Balaban J connectivity index is 4.03. The van der Waals surface area contributed by atoms with E-state index in [1.807, 2.05) is 6.92 Å². The summed E-state index contributed by atoms with van der Waals surface area (Å²) in [5.41, 5.74) is 5.20. The molecule has 0 heterocycles. The van der Waals surface area contributed by atoms with Gasteiger partial charge in [-0.1, -0.05) is 24.8 Å². The van der Waals surface area contributed by atoms with Crippen molar-refractivity contribution in [2.45, 2.75) is 18.6 Å². The molecule has 0 bridgehead atoms. The van der Waals surface area contributed by atoms with Crippen LogP contribution in [0.25, 0.3) is 0 Å². The van der Waals surface area contributed by atoms with Gasteiger partial charge in [0.1, 0.15) is 0 Å². The molecule has 0 aliphatic carbocycles. The third kappa shape index (κ3) is 6.21. The first-order valence-corrected chi connectivity index (χ1v) is 4.75.